The second-order valence-electron chi connectivity index (χ2n) is 5.48. The third-order valence-corrected chi connectivity index (χ3v) is 3.86. The van der Waals surface area contributed by atoms with Gasteiger partial charge in [0.05, 0.1) is 12.5 Å². The summed E-state index contributed by atoms with van der Waals surface area (Å²) in [6.07, 6.45) is 0.491. The summed E-state index contributed by atoms with van der Waals surface area (Å²) < 4.78 is 5.26. The molecule has 2 heterocycles. The van der Waals surface area contributed by atoms with E-state index in [-0.39, 0.29) is 19.1 Å². The van der Waals surface area contributed by atoms with Crippen LogP contribution in [0.25, 0.3) is 11.3 Å². The second kappa shape index (κ2) is 6.51. The number of amides is 2. The van der Waals surface area contributed by atoms with Gasteiger partial charge in [-0.25, -0.2) is 4.79 Å². The molecule has 1 aromatic heterocycles. The lowest BCUT2D eigenvalue weighted by atomic mass is 10.1. The van der Waals surface area contributed by atoms with Crippen LogP contribution < -0.4 is 5.32 Å². The first-order valence-corrected chi connectivity index (χ1v) is 7.40. The molecule has 2 aromatic rings. The first-order chi connectivity index (χ1) is 11.1. The van der Waals surface area contributed by atoms with E-state index in [2.05, 4.69) is 10.5 Å². The lowest BCUT2D eigenvalue weighted by Gasteiger charge is -2.15. The van der Waals surface area contributed by atoms with E-state index in [0.29, 0.717) is 24.4 Å². The number of hydrogen-bond acceptors (Lipinski definition) is 4. The van der Waals surface area contributed by atoms with Crippen molar-refractivity contribution in [2.45, 2.75) is 13.0 Å². The van der Waals surface area contributed by atoms with Gasteiger partial charge in [0.1, 0.15) is 5.69 Å². The first kappa shape index (κ1) is 15.1. The number of carbonyl (C=O) groups excluding carboxylic acids is 1. The Labute approximate surface area is 132 Å². The van der Waals surface area contributed by atoms with Crippen molar-refractivity contribution in [3.8, 4) is 11.3 Å². The molecule has 2 N–H and O–H groups in total. The predicted molar refractivity (Wildman–Crippen MR) is 81.5 cm³/mol. The van der Waals surface area contributed by atoms with Crippen LogP contribution in [0.2, 0.25) is 0 Å². The summed E-state index contributed by atoms with van der Waals surface area (Å²) in [5, 5.41) is 15.6. The third kappa shape index (κ3) is 3.50. The number of likely N-dealkylation sites (tertiary alicyclic amines) is 1. The molecule has 1 aromatic carbocycles. The number of benzene rings is 1. The van der Waals surface area contributed by atoms with E-state index in [1.165, 1.54) is 4.90 Å². The number of carboxylic acid groups (broad SMARTS) is 1. The maximum Gasteiger partial charge on any atom is 0.317 e. The standard InChI is InChI=1S/C16H17N3O4/c20-15(21)12-6-7-19(10-12)16(22)17-9-13-8-14(23-18-13)11-4-2-1-3-5-11/h1-5,8,12H,6-7,9-10H2,(H,17,22)(H,20,21). The summed E-state index contributed by atoms with van der Waals surface area (Å²) in [6.45, 7) is 0.940. The molecule has 1 aliphatic rings. The average Bonchev–Trinajstić information content (AvgIpc) is 3.23. The summed E-state index contributed by atoms with van der Waals surface area (Å²) in [6, 6.07) is 11.1. The molecule has 1 unspecified atom stereocenters. The number of aliphatic carboxylic acids is 1. The molecule has 7 nitrogen and oxygen atoms in total. The smallest absolute Gasteiger partial charge is 0.317 e. The molecule has 0 aliphatic carbocycles. The van der Waals surface area contributed by atoms with E-state index < -0.39 is 11.9 Å². The second-order valence-corrected chi connectivity index (χ2v) is 5.48. The van der Waals surface area contributed by atoms with Gasteiger partial charge in [-0.3, -0.25) is 4.79 Å². The quantitative estimate of drug-likeness (QED) is 0.899. The van der Waals surface area contributed by atoms with E-state index >= 15 is 0 Å². The van der Waals surface area contributed by atoms with Crippen LogP contribution in [-0.4, -0.2) is 40.3 Å². The van der Waals surface area contributed by atoms with E-state index in [1.54, 1.807) is 6.07 Å². The van der Waals surface area contributed by atoms with Crippen LogP contribution in [0.5, 0.6) is 0 Å². The maximum atomic E-state index is 12.0. The molecule has 0 radical (unpaired) electrons. The van der Waals surface area contributed by atoms with Gasteiger partial charge in [0.25, 0.3) is 0 Å². The molecule has 0 bridgehead atoms. The van der Waals surface area contributed by atoms with Gasteiger partial charge < -0.3 is 19.8 Å². The van der Waals surface area contributed by atoms with Crippen molar-refractivity contribution in [2.24, 2.45) is 5.92 Å². The van der Waals surface area contributed by atoms with E-state index in [0.717, 1.165) is 5.56 Å². The van der Waals surface area contributed by atoms with Crippen LogP contribution in [0, 0.1) is 5.92 Å². The summed E-state index contributed by atoms with van der Waals surface area (Å²) >= 11 is 0. The molecule has 3 rings (SSSR count). The molecule has 1 atom stereocenters. The van der Waals surface area contributed by atoms with Crippen molar-refractivity contribution < 1.29 is 19.2 Å². The van der Waals surface area contributed by atoms with Crippen molar-refractivity contribution in [1.29, 1.82) is 0 Å². The lowest BCUT2D eigenvalue weighted by molar-refractivity contribution is -0.141. The van der Waals surface area contributed by atoms with Crippen molar-refractivity contribution in [3.63, 3.8) is 0 Å². The fourth-order valence-corrected chi connectivity index (χ4v) is 2.56. The molecule has 23 heavy (non-hydrogen) atoms. The molecular formula is C16H17N3O4. The van der Waals surface area contributed by atoms with Gasteiger partial charge >= 0.3 is 12.0 Å². The minimum Gasteiger partial charge on any atom is -0.481 e. The normalized spacial score (nSPS) is 17.2. The number of urea groups is 1. The summed E-state index contributed by atoms with van der Waals surface area (Å²) in [5.41, 5.74) is 1.53. The van der Waals surface area contributed by atoms with Gasteiger partial charge in [0.15, 0.2) is 5.76 Å². The van der Waals surface area contributed by atoms with Gasteiger partial charge in [-0.05, 0) is 6.42 Å². The molecular weight excluding hydrogens is 298 g/mol. The largest absolute Gasteiger partial charge is 0.481 e. The van der Waals surface area contributed by atoms with Gasteiger partial charge in [0.2, 0.25) is 0 Å². The number of rotatable bonds is 4. The summed E-state index contributed by atoms with van der Waals surface area (Å²) in [7, 11) is 0. The Hall–Kier alpha value is -2.83. The Morgan fingerprint density at radius 3 is 2.83 bits per heavy atom. The molecule has 1 aliphatic heterocycles. The van der Waals surface area contributed by atoms with Crippen LogP contribution >= 0.6 is 0 Å². The fraction of sp³-hybridized carbons (Fsp3) is 0.312. The van der Waals surface area contributed by atoms with Crippen molar-refractivity contribution >= 4 is 12.0 Å². The maximum absolute atomic E-state index is 12.0. The number of hydrogen-bond donors (Lipinski definition) is 2. The Kier molecular flexibility index (Phi) is 4.27. The van der Waals surface area contributed by atoms with Crippen molar-refractivity contribution in [3.05, 3.63) is 42.1 Å². The lowest BCUT2D eigenvalue weighted by Crippen LogP contribution is -2.38. The average molecular weight is 315 g/mol. The Balaban J connectivity index is 1.54. The van der Waals surface area contributed by atoms with Crippen LogP contribution in [0.4, 0.5) is 4.79 Å². The predicted octanol–water partition coefficient (Wildman–Crippen LogP) is 1.96. The topological polar surface area (TPSA) is 95.7 Å². The molecule has 2 amide bonds. The first-order valence-electron chi connectivity index (χ1n) is 7.40. The number of aromatic nitrogens is 1. The number of carbonyl (C=O) groups is 2. The Morgan fingerprint density at radius 1 is 1.35 bits per heavy atom. The highest BCUT2D eigenvalue weighted by atomic mass is 16.5. The molecule has 7 heteroatoms. The SMILES string of the molecule is O=C(O)C1CCN(C(=O)NCc2cc(-c3ccccc3)on2)C1. The monoisotopic (exact) mass is 315 g/mol. The number of nitrogens with zero attached hydrogens (tertiary/aromatic N) is 2. The highest BCUT2D eigenvalue weighted by Crippen LogP contribution is 2.20. The highest BCUT2D eigenvalue weighted by Gasteiger charge is 2.30. The fourth-order valence-electron chi connectivity index (χ4n) is 2.56. The molecule has 1 saturated heterocycles. The van der Waals surface area contributed by atoms with Crippen molar-refractivity contribution in [1.82, 2.24) is 15.4 Å². The van der Waals surface area contributed by atoms with Crippen LogP contribution in [0.15, 0.2) is 40.9 Å². The summed E-state index contributed by atoms with van der Waals surface area (Å²) in [4.78, 5) is 24.4. The number of nitrogens with one attached hydrogen (secondary N) is 1. The molecule has 1 fully saturated rings. The number of carboxylic acids is 1. The van der Waals surface area contributed by atoms with E-state index in [1.807, 2.05) is 30.3 Å². The van der Waals surface area contributed by atoms with Crippen LogP contribution in [-0.2, 0) is 11.3 Å². The molecule has 120 valence electrons. The van der Waals surface area contributed by atoms with Crippen molar-refractivity contribution in [2.75, 3.05) is 13.1 Å². The summed E-state index contributed by atoms with van der Waals surface area (Å²) in [5.74, 6) is -0.691. The molecule has 0 spiro atoms. The highest BCUT2D eigenvalue weighted by molar-refractivity contribution is 5.77. The van der Waals surface area contributed by atoms with Gasteiger partial charge in [0, 0.05) is 24.7 Å². The van der Waals surface area contributed by atoms with E-state index in [4.69, 9.17) is 9.63 Å². The minimum absolute atomic E-state index is 0.239. The zero-order valence-electron chi connectivity index (χ0n) is 12.4. The molecule has 0 saturated carbocycles. The van der Waals surface area contributed by atoms with Gasteiger partial charge in [-0.2, -0.15) is 0 Å². The zero-order valence-corrected chi connectivity index (χ0v) is 12.4. The minimum atomic E-state index is -0.857. The Morgan fingerprint density at radius 2 is 2.13 bits per heavy atom. The van der Waals surface area contributed by atoms with E-state index in [9.17, 15) is 9.59 Å². The van der Waals surface area contributed by atoms with Gasteiger partial charge in [-0.15, -0.1) is 0 Å². The van der Waals surface area contributed by atoms with Gasteiger partial charge in [-0.1, -0.05) is 35.5 Å². The van der Waals surface area contributed by atoms with Crippen LogP contribution in [0.3, 0.4) is 0 Å². The van der Waals surface area contributed by atoms with Crippen LogP contribution in [0.1, 0.15) is 12.1 Å². The third-order valence-electron chi connectivity index (χ3n) is 3.86. The zero-order chi connectivity index (χ0) is 16.2. The Bertz CT molecular complexity index is 698.